The van der Waals surface area contributed by atoms with Crippen LogP contribution in [0.25, 0.3) is 0 Å². The third-order valence-corrected chi connectivity index (χ3v) is 7.84. The summed E-state index contributed by atoms with van der Waals surface area (Å²) in [5.41, 5.74) is 8.23. The zero-order chi connectivity index (χ0) is 30.8. The average Bonchev–Trinajstić information content (AvgIpc) is 2.98. The van der Waals surface area contributed by atoms with Crippen molar-refractivity contribution in [1.29, 1.82) is 0 Å². The highest BCUT2D eigenvalue weighted by Gasteiger charge is 2.29. The minimum atomic E-state index is -0.874. The van der Waals surface area contributed by atoms with Crippen LogP contribution in [0.15, 0.2) is 60.7 Å². The van der Waals surface area contributed by atoms with Crippen molar-refractivity contribution in [2.24, 2.45) is 5.73 Å². The molecule has 11 heteroatoms. The van der Waals surface area contributed by atoms with Gasteiger partial charge in [0, 0.05) is 42.0 Å². The number of rotatable bonds is 11. The topological polar surface area (TPSA) is 124 Å². The fourth-order valence-corrected chi connectivity index (χ4v) is 5.26. The Kier molecular flexibility index (Phi) is 11.9. The monoisotopic (exact) mass is 613 g/mol. The lowest BCUT2D eigenvalue weighted by Gasteiger charge is -2.35. The lowest BCUT2D eigenvalue weighted by molar-refractivity contribution is -0.125. The maximum absolute atomic E-state index is 13.9. The average molecular weight is 614 g/mol. The van der Waals surface area contributed by atoms with E-state index in [4.69, 9.17) is 36.7 Å². The van der Waals surface area contributed by atoms with Gasteiger partial charge in [0.15, 0.2) is 0 Å². The molecule has 2 aromatic carbocycles. The van der Waals surface area contributed by atoms with Gasteiger partial charge in [-0.15, -0.1) is 0 Å². The largest absolute Gasteiger partial charge is 0.478 e. The Morgan fingerprint density at radius 3 is 2.51 bits per heavy atom. The number of nitrogens with two attached hydrogens (primary N) is 1. The van der Waals surface area contributed by atoms with E-state index in [1.54, 1.807) is 43.5 Å². The van der Waals surface area contributed by atoms with Crippen molar-refractivity contribution in [3.05, 3.63) is 93.9 Å². The molecule has 3 N–H and O–H groups in total. The number of carbonyl (C=O) groups excluding carboxylic acids is 1. The molecule has 0 saturated carbocycles. The van der Waals surface area contributed by atoms with E-state index in [0.29, 0.717) is 34.7 Å². The number of ether oxygens (including phenoxy) is 3. The number of carboxylic acids is 1. The number of pyridine rings is 1. The standard InChI is InChI=1S/C21H25ClFN3O3.C11H12O3/c1-28-13-19(21(24)27)26-9-7-14(8-10-26)18-3-2-4-20(25-18)29-12-15-5-6-16(22)11-17(15)23;12-11(13)9-3-1-2-8(6-9)7-10-4-5-14-10/h2-6,11,14,19H,7-10,12-13H2,1H3,(H2,24,27);1-3,6,10H,4-5,7H2,(H,12,13)/t;10-/m.1/s1. The molecular weight excluding hydrogens is 577 g/mol. The maximum atomic E-state index is 13.9. The first kappa shape index (κ1) is 32.3. The number of amides is 1. The summed E-state index contributed by atoms with van der Waals surface area (Å²) in [5.74, 6) is -0.928. The minimum Gasteiger partial charge on any atom is -0.478 e. The number of carbonyl (C=O) groups is 2. The highest BCUT2D eigenvalue weighted by Crippen LogP contribution is 2.29. The molecular formula is C32H37ClFN3O6. The lowest BCUT2D eigenvalue weighted by atomic mass is 9.92. The summed E-state index contributed by atoms with van der Waals surface area (Å²) in [6, 6.07) is 16.7. The molecule has 2 atom stereocenters. The molecule has 0 aliphatic carbocycles. The summed E-state index contributed by atoms with van der Waals surface area (Å²) in [4.78, 5) is 29.0. The van der Waals surface area contributed by atoms with Gasteiger partial charge in [-0.25, -0.2) is 14.2 Å². The van der Waals surface area contributed by atoms with Crippen LogP contribution >= 0.6 is 11.6 Å². The second-order valence-corrected chi connectivity index (χ2v) is 11.0. The molecule has 1 amide bonds. The Morgan fingerprint density at radius 1 is 1.14 bits per heavy atom. The van der Waals surface area contributed by atoms with Gasteiger partial charge in [-0.2, -0.15) is 0 Å². The van der Waals surface area contributed by atoms with Crippen LogP contribution in [0.1, 0.15) is 52.4 Å². The van der Waals surface area contributed by atoms with Gasteiger partial charge in [-0.05, 0) is 74.7 Å². The first-order chi connectivity index (χ1) is 20.7. The summed E-state index contributed by atoms with van der Waals surface area (Å²) in [6.45, 7) is 2.69. The van der Waals surface area contributed by atoms with E-state index in [0.717, 1.165) is 56.6 Å². The number of aromatic carboxylic acids is 1. The van der Waals surface area contributed by atoms with Crippen LogP contribution in [0.3, 0.4) is 0 Å². The van der Waals surface area contributed by atoms with Crippen molar-refractivity contribution in [3.8, 4) is 5.88 Å². The van der Waals surface area contributed by atoms with E-state index in [9.17, 15) is 14.0 Å². The Balaban J connectivity index is 0.000000251. The van der Waals surface area contributed by atoms with Crippen molar-refractivity contribution in [3.63, 3.8) is 0 Å². The number of primary amides is 1. The molecule has 2 saturated heterocycles. The summed E-state index contributed by atoms with van der Waals surface area (Å²) in [5, 5.41) is 9.13. The van der Waals surface area contributed by atoms with Gasteiger partial charge in [0.1, 0.15) is 18.5 Å². The summed E-state index contributed by atoms with van der Waals surface area (Å²) in [6.07, 6.45) is 3.91. The fourth-order valence-electron chi connectivity index (χ4n) is 5.10. The van der Waals surface area contributed by atoms with Crippen molar-refractivity contribution >= 4 is 23.5 Å². The molecule has 3 aromatic rings. The van der Waals surface area contributed by atoms with Gasteiger partial charge in [0.25, 0.3) is 0 Å². The molecule has 2 aliphatic heterocycles. The van der Waals surface area contributed by atoms with Gasteiger partial charge in [0.05, 0.1) is 18.3 Å². The number of nitrogens with zero attached hydrogens (tertiary/aromatic N) is 2. The fraction of sp³-hybridized carbons (Fsp3) is 0.406. The number of hydrogen-bond acceptors (Lipinski definition) is 7. The molecule has 230 valence electrons. The van der Waals surface area contributed by atoms with E-state index in [1.807, 2.05) is 18.2 Å². The number of methoxy groups -OCH3 is 1. The summed E-state index contributed by atoms with van der Waals surface area (Å²) >= 11 is 5.78. The van der Waals surface area contributed by atoms with Gasteiger partial charge < -0.3 is 25.1 Å². The van der Waals surface area contributed by atoms with Crippen LogP contribution in [-0.2, 0) is 27.3 Å². The number of aromatic nitrogens is 1. The number of piperidine rings is 1. The van der Waals surface area contributed by atoms with Gasteiger partial charge in [-0.3, -0.25) is 9.69 Å². The second-order valence-electron chi connectivity index (χ2n) is 10.6. The van der Waals surface area contributed by atoms with E-state index in [2.05, 4.69) is 9.88 Å². The van der Waals surface area contributed by atoms with Gasteiger partial charge >= 0.3 is 5.97 Å². The van der Waals surface area contributed by atoms with Crippen molar-refractivity contribution in [1.82, 2.24) is 9.88 Å². The Hall–Kier alpha value is -3.57. The number of benzene rings is 2. The first-order valence-corrected chi connectivity index (χ1v) is 14.6. The number of halogens is 2. The number of carboxylic acid groups (broad SMARTS) is 1. The highest BCUT2D eigenvalue weighted by atomic mass is 35.5. The Bertz CT molecular complexity index is 1380. The van der Waals surface area contributed by atoms with Crippen LogP contribution in [0.4, 0.5) is 4.39 Å². The quantitative estimate of drug-likeness (QED) is 0.315. The predicted molar refractivity (Wildman–Crippen MR) is 160 cm³/mol. The van der Waals surface area contributed by atoms with Crippen LogP contribution in [0.2, 0.25) is 5.02 Å². The van der Waals surface area contributed by atoms with Gasteiger partial charge in [0.2, 0.25) is 11.8 Å². The highest BCUT2D eigenvalue weighted by molar-refractivity contribution is 6.30. The molecule has 9 nitrogen and oxygen atoms in total. The van der Waals surface area contributed by atoms with Gasteiger partial charge in [-0.1, -0.05) is 35.9 Å². The number of hydrogen-bond donors (Lipinski definition) is 2. The normalized spacial score (nSPS) is 17.7. The first-order valence-electron chi connectivity index (χ1n) is 14.2. The third kappa shape index (κ3) is 9.46. The molecule has 1 aromatic heterocycles. The molecule has 0 bridgehead atoms. The summed E-state index contributed by atoms with van der Waals surface area (Å²) in [7, 11) is 1.56. The molecule has 0 spiro atoms. The molecule has 1 unspecified atom stereocenters. The van der Waals surface area contributed by atoms with Crippen molar-refractivity contribution in [2.45, 2.75) is 50.4 Å². The third-order valence-electron chi connectivity index (χ3n) is 7.61. The molecule has 0 radical (unpaired) electrons. The van der Waals surface area contributed by atoms with E-state index >= 15 is 0 Å². The zero-order valence-corrected chi connectivity index (χ0v) is 24.8. The van der Waals surface area contributed by atoms with Crippen LogP contribution in [-0.4, -0.2) is 72.4 Å². The zero-order valence-electron chi connectivity index (χ0n) is 24.1. The predicted octanol–water partition coefficient (Wildman–Crippen LogP) is 4.85. The van der Waals surface area contributed by atoms with Crippen molar-refractivity contribution in [2.75, 3.05) is 33.4 Å². The van der Waals surface area contributed by atoms with Crippen molar-refractivity contribution < 1.29 is 33.3 Å². The lowest BCUT2D eigenvalue weighted by Crippen LogP contribution is -2.50. The molecule has 5 rings (SSSR count). The molecule has 3 heterocycles. The minimum absolute atomic E-state index is 0.0786. The maximum Gasteiger partial charge on any atom is 0.335 e. The SMILES string of the molecule is COCC(C(N)=O)N1CCC(c2cccc(OCc3ccc(Cl)cc3F)n2)CC1.O=C(O)c1cccc(C[C@H]2CCO2)c1. The van der Waals surface area contributed by atoms with E-state index < -0.39 is 17.8 Å². The Labute approximate surface area is 255 Å². The second kappa shape index (κ2) is 15.8. The molecule has 2 aliphatic rings. The van der Waals surface area contributed by atoms with Crippen LogP contribution < -0.4 is 10.5 Å². The molecule has 2 fully saturated rings. The number of likely N-dealkylation sites (tertiary alicyclic amines) is 1. The smallest absolute Gasteiger partial charge is 0.335 e. The van der Waals surface area contributed by atoms with E-state index in [1.165, 1.54) is 6.07 Å². The Morgan fingerprint density at radius 2 is 1.88 bits per heavy atom. The van der Waals surface area contributed by atoms with Crippen LogP contribution in [0.5, 0.6) is 5.88 Å². The molecule has 43 heavy (non-hydrogen) atoms. The van der Waals surface area contributed by atoms with Crippen LogP contribution in [0, 0.1) is 5.82 Å². The van der Waals surface area contributed by atoms with E-state index in [-0.39, 0.29) is 18.4 Å². The summed E-state index contributed by atoms with van der Waals surface area (Å²) < 4.78 is 30.0.